The summed E-state index contributed by atoms with van der Waals surface area (Å²) in [5, 5.41) is 0. The van der Waals surface area contributed by atoms with Crippen LogP contribution < -0.4 is 4.74 Å². The number of ether oxygens (including phenoxy) is 2. The largest absolute Gasteiger partial charge is 0.444 e. The summed E-state index contributed by atoms with van der Waals surface area (Å²) in [5.41, 5.74) is 1.24. The van der Waals surface area contributed by atoms with Gasteiger partial charge in [-0.25, -0.2) is 4.79 Å². The molecule has 28 heavy (non-hydrogen) atoms. The Morgan fingerprint density at radius 3 is 2.39 bits per heavy atom. The first-order valence-corrected chi connectivity index (χ1v) is 9.86. The molecule has 0 N–H and O–H groups in total. The molecule has 1 saturated heterocycles. The van der Waals surface area contributed by atoms with E-state index in [0.717, 1.165) is 12.0 Å². The number of hydrogen-bond acceptors (Lipinski definition) is 4. The van der Waals surface area contributed by atoms with E-state index in [1.54, 1.807) is 11.0 Å². The van der Waals surface area contributed by atoms with Crippen molar-refractivity contribution in [2.24, 2.45) is 11.3 Å². The number of likely N-dealkylation sites (tertiary alicyclic amines) is 1. The summed E-state index contributed by atoms with van der Waals surface area (Å²) in [6.45, 7) is 14.5. The van der Waals surface area contributed by atoms with Gasteiger partial charge in [-0.05, 0) is 71.6 Å². The molecule has 0 bridgehead atoms. The number of nitrogens with zero attached hydrogens (tertiary/aromatic N) is 1. The number of benzene rings is 1. The van der Waals surface area contributed by atoms with Gasteiger partial charge in [0, 0.05) is 13.1 Å². The third-order valence-corrected chi connectivity index (χ3v) is 4.48. The van der Waals surface area contributed by atoms with Crippen LogP contribution in [-0.4, -0.2) is 35.7 Å². The third-order valence-electron chi connectivity index (χ3n) is 4.48. The second-order valence-electron chi connectivity index (χ2n) is 9.51. The number of amides is 1. The average molecular weight is 388 g/mol. The van der Waals surface area contributed by atoms with Crippen LogP contribution in [0.5, 0.6) is 5.75 Å². The fourth-order valence-electron chi connectivity index (χ4n) is 2.90. The Morgan fingerprint density at radius 1 is 1.14 bits per heavy atom. The Kier molecular flexibility index (Phi) is 6.58. The Bertz CT molecular complexity index is 753. The van der Waals surface area contributed by atoms with Crippen molar-refractivity contribution in [3.05, 3.63) is 35.4 Å². The van der Waals surface area contributed by atoms with Gasteiger partial charge < -0.3 is 14.4 Å². The van der Waals surface area contributed by atoms with E-state index in [9.17, 15) is 9.59 Å². The summed E-state index contributed by atoms with van der Waals surface area (Å²) >= 11 is 0. The molecular weight excluding hydrogens is 354 g/mol. The Morgan fingerprint density at radius 2 is 1.82 bits per heavy atom. The topological polar surface area (TPSA) is 55.8 Å². The summed E-state index contributed by atoms with van der Waals surface area (Å²) in [6.07, 6.45) is 2.67. The monoisotopic (exact) mass is 387 g/mol. The second-order valence-corrected chi connectivity index (χ2v) is 9.51. The van der Waals surface area contributed by atoms with E-state index < -0.39 is 11.0 Å². The summed E-state index contributed by atoms with van der Waals surface area (Å²) < 4.78 is 11.0. The lowest BCUT2D eigenvalue weighted by Crippen LogP contribution is -2.43. The fourth-order valence-corrected chi connectivity index (χ4v) is 2.90. The molecule has 1 fully saturated rings. The van der Waals surface area contributed by atoms with Gasteiger partial charge in [0.05, 0.1) is 5.41 Å². The van der Waals surface area contributed by atoms with Crippen molar-refractivity contribution in [2.75, 3.05) is 13.1 Å². The van der Waals surface area contributed by atoms with Crippen LogP contribution in [0.4, 0.5) is 4.79 Å². The predicted octanol–water partition coefficient (Wildman–Crippen LogP) is 5.30. The molecular formula is C23H33NO4. The number of hydrogen-bond donors (Lipinski definition) is 0. The Labute approximate surface area is 168 Å². The van der Waals surface area contributed by atoms with Gasteiger partial charge in [-0.15, -0.1) is 0 Å². The highest BCUT2D eigenvalue weighted by Gasteiger charge is 2.28. The lowest BCUT2D eigenvalue weighted by molar-refractivity contribution is -0.143. The Hall–Kier alpha value is -2.30. The minimum Gasteiger partial charge on any atom is -0.444 e. The van der Waals surface area contributed by atoms with Gasteiger partial charge in [-0.2, -0.15) is 0 Å². The lowest BCUT2D eigenvalue weighted by atomic mass is 9.91. The van der Waals surface area contributed by atoms with E-state index in [4.69, 9.17) is 9.47 Å². The normalized spacial score (nSPS) is 19.5. The van der Waals surface area contributed by atoms with E-state index in [0.29, 0.717) is 18.8 Å². The van der Waals surface area contributed by atoms with Crippen molar-refractivity contribution in [2.45, 2.75) is 60.5 Å². The molecule has 0 radical (unpaired) electrons. The van der Waals surface area contributed by atoms with Crippen molar-refractivity contribution in [1.29, 1.82) is 0 Å². The highest BCUT2D eigenvalue weighted by molar-refractivity contribution is 5.78. The molecule has 1 unspecified atom stereocenters. The highest BCUT2D eigenvalue weighted by Crippen LogP contribution is 2.27. The molecule has 1 atom stereocenters. The number of rotatable bonds is 2. The molecule has 1 amide bonds. The molecule has 5 heteroatoms. The standard InChI is InChI=1S/C23H33NO4/c1-16-15-24(21(26)28-23(5,6)7)12-11-18(16)13-17-9-8-10-19(14-17)27-20(25)22(2,3)4/h8-10,13-14,16H,11-12,15H2,1-7H3/b18-13+. The van der Waals surface area contributed by atoms with Crippen molar-refractivity contribution < 1.29 is 19.1 Å². The number of piperidine rings is 1. The van der Waals surface area contributed by atoms with Gasteiger partial charge in [-0.1, -0.05) is 30.7 Å². The summed E-state index contributed by atoms with van der Waals surface area (Å²) in [4.78, 5) is 26.2. The molecule has 5 nitrogen and oxygen atoms in total. The molecule has 1 aromatic carbocycles. The van der Waals surface area contributed by atoms with Crippen LogP contribution in [0.2, 0.25) is 0 Å². The second kappa shape index (κ2) is 8.38. The maximum absolute atomic E-state index is 12.3. The molecule has 1 aliphatic heterocycles. The highest BCUT2D eigenvalue weighted by atomic mass is 16.6. The van der Waals surface area contributed by atoms with Gasteiger partial charge in [0.25, 0.3) is 0 Å². The number of carbonyl (C=O) groups excluding carboxylic acids is 2. The van der Waals surface area contributed by atoms with Crippen LogP contribution in [0, 0.1) is 11.3 Å². The van der Waals surface area contributed by atoms with Crippen LogP contribution in [0.25, 0.3) is 6.08 Å². The van der Waals surface area contributed by atoms with Crippen LogP contribution in [0.3, 0.4) is 0 Å². The van der Waals surface area contributed by atoms with E-state index in [2.05, 4.69) is 13.0 Å². The molecule has 1 aliphatic rings. The zero-order valence-corrected chi connectivity index (χ0v) is 18.2. The van der Waals surface area contributed by atoms with Crippen molar-refractivity contribution in [3.63, 3.8) is 0 Å². The third kappa shape index (κ3) is 6.39. The van der Waals surface area contributed by atoms with E-state index >= 15 is 0 Å². The van der Waals surface area contributed by atoms with Crippen molar-refractivity contribution in [1.82, 2.24) is 4.90 Å². The van der Waals surface area contributed by atoms with Gasteiger partial charge in [0.2, 0.25) is 0 Å². The SMILES string of the molecule is CC1CN(C(=O)OC(C)(C)C)CC/C1=C\c1cccc(OC(=O)C(C)(C)C)c1. The van der Waals surface area contributed by atoms with Crippen LogP contribution in [-0.2, 0) is 9.53 Å². The van der Waals surface area contributed by atoms with Crippen molar-refractivity contribution >= 4 is 18.1 Å². The predicted molar refractivity (Wildman–Crippen MR) is 111 cm³/mol. The van der Waals surface area contributed by atoms with E-state index in [1.165, 1.54) is 5.57 Å². The lowest BCUT2D eigenvalue weighted by Gasteiger charge is -2.34. The molecule has 0 aliphatic carbocycles. The maximum Gasteiger partial charge on any atom is 0.410 e. The molecule has 154 valence electrons. The first-order chi connectivity index (χ1) is 12.8. The zero-order chi connectivity index (χ0) is 21.1. The van der Waals surface area contributed by atoms with Crippen molar-refractivity contribution in [3.8, 4) is 5.75 Å². The number of esters is 1. The van der Waals surface area contributed by atoms with E-state index in [1.807, 2.05) is 59.7 Å². The fraction of sp³-hybridized carbons (Fsp3) is 0.565. The Balaban J connectivity index is 2.06. The molecule has 0 aromatic heterocycles. The van der Waals surface area contributed by atoms with Gasteiger partial charge >= 0.3 is 12.1 Å². The summed E-state index contributed by atoms with van der Waals surface area (Å²) in [7, 11) is 0. The van der Waals surface area contributed by atoms with Gasteiger partial charge in [0.1, 0.15) is 11.4 Å². The molecule has 0 saturated carbocycles. The minimum absolute atomic E-state index is 0.238. The molecule has 1 heterocycles. The summed E-state index contributed by atoms with van der Waals surface area (Å²) in [6, 6.07) is 7.55. The zero-order valence-electron chi connectivity index (χ0n) is 18.2. The van der Waals surface area contributed by atoms with Crippen LogP contribution >= 0.6 is 0 Å². The smallest absolute Gasteiger partial charge is 0.410 e. The molecule has 0 spiro atoms. The van der Waals surface area contributed by atoms with Gasteiger partial charge in [-0.3, -0.25) is 4.79 Å². The van der Waals surface area contributed by atoms with E-state index in [-0.39, 0.29) is 18.0 Å². The molecule has 1 aromatic rings. The van der Waals surface area contributed by atoms with Crippen LogP contribution in [0.1, 0.15) is 60.5 Å². The maximum atomic E-state index is 12.3. The van der Waals surface area contributed by atoms with Gasteiger partial charge in [0.15, 0.2) is 0 Å². The van der Waals surface area contributed by atoms with Crippen LogP contribution in [0.15, 0.2) is 29.8 Å². The quantitative estimate of drug-likeness (QED) is 0.510. The first kappa shape index (κ1) is 22.0. The first-order valence-electron chi connectivity index (χ1n) is 9.86. The average Bonchev–Trinajstić information content (AvgIpc) is 2.54. The number of carbonyl (C=O) groups is 2. The molecule has 2 rings (SSSR count). The summed E-state index contributed by atoms with van der Waals surface area (Å²) in [5.74, 6) is 0.534. The minimum atomic E-state index is -0.544.